The van der Waals surface area contributed by atoms with Crippen LogP contribution in [0.25, 0.3) is 11.1 Å². The van der Waals surface area contributed by atoms with E-state index in [4.69, 9.17) is 0 Å². The van der Waals surface area contributed by atoms with Gasteiger partial charge in [-0.2, -0.15) is 0 Å². The van der Waals surface area contributed by atoms with Crippen LogP contribution in [-0.2, 0) is 14.8 Å². The molecule has 0 saturated carbocycles. The molecule has 4 aromatic rings. The van der Waals surface area contributed by atoms with Crippen LogP contribution in [0.3, 0.4) is 0 Å². The molecule has 0 atom stereocenters. The molecule has 1 N–H and O–H groups in total. The number of sulfonamides is 1. The lowest BCUT2D eigenvalue weighted by atomic mass is 10.1. The minimum Gasteiger partial charge on any atom is -0.464 e. The van der Waals surface area contributed by atoms with Crippen LogP contribution in [0.4, 0.5) is 5.69 Å². The van der Waals surface area contributed by atoms with Crippen molar-refractivity contribution in [1.82, 2.24) is 4.98 Å². The number of carbonyl (C=O) groups excluding carboxylic acids is 1. The van der Waals surface area contributed by atoms with Gasteiger partial charge < -0.3 is 4.74 Å². The van der Waals surface area contributed by atoms with E-state index in [1.165, 1.54) is 19.4 Å². The highest BCUT2D eigenvalue weighted by Gasteiger charge is 2.20. The van der Waals surface area contributed by atoms with Crippen molar-refractivity contribution in [3.8, 4) is 23.0 Å². The van der Waals surface area contributed by atoms with Gasteiger partial charge >= 0.3 is 5.97 Å². The quantitative estimate of drug-likeness (QED) is 0.338. The van der Waals surface area contributed by atoms with E-state index in [1.54, 1.807) is 54.6 Å². The molecule has 6 nitrogen and oxygen atoms in total. The van der Waals surface area contributed by atoms with E-state index < -0.39 is 16.0 Å². The Morgan fingerprint density at radius 3 is 2.29 bits per heavy atom. The van der Waals surface area contributed by atoms with E-state index in [0.717, 1.165) is 5.56 Å². The molecule has 1 aromatic heterocycles. The normalized spacial score (nSPS) is 10.6. The first-order valence-corrected chi connectivity index (χ1v) is 11.8. The largest absolute Gasteiger partial charge is 0.464 e. The van der Waals surface area contributed by atoms with Crippen molar-refractivity contribution in [3.05, 3.63) is 114 Å². The maximum Gasteiger partial charge on any atom is 0.356 e. The molecule has 1 heterocycles. The molecule has 0 unspecified atom stereocenters. The first-order valence-electron chi connectivity index (χ1n) is 10.3. The van der Waals surface area contributed by atoms with Gasteiger partial charge in [0.25, 0.3) is 10.0 Å². The standard InChI is InChI=1S/C27H20N2O4S/c1-33-27(30)25-18-16-20(19-28-25)15-17-22-11-5-7-13-24(22)29-34(31,32)26-14-8-6-12-23(26)21-9-3-2-4-10-21/h2-14,16,18-19,29H,1H3. The smallest absolute Gasteiger partial charge is 0.356 e. The summed E-state index contributed by atoms with van der Waals surface area (Å²) in [5.41, 5.74) is 3.02. The van der Waals surface area contributed by atoms with Gasteiger partial charge in [-0.25, -0.2) is 18.2 Å². The number of aromatic nitrogens is 1. The van der Waals surface area contributed by atoms with Gasteiger partial charge in [0.15, 0.2) is 0 Å². The number of hydrogen-bond donors (Lipinski definition) is 1. The van der Waals surface area contributed by atoms with E-state index >= 15 is 0 Å². The molecule has 0 aliphatic heterocycles. The summed E-state index contributed by atoms with van der Waals surface area (Å²) in [6.45, 7) is 0. The monoisotopic (exact) mass is 468 g/mol. The minimum atomic E-state index is -3.90. The highest BCUT2D eigenvalue weighted by molar-refractivity contribution is 7.92. The average Bonchev–Trinajstić information content (AvgIpc) is 2.88. The Hall–Kier alpha value is -4.41. The minimum absolute atomic E-state index is 0.173. The zero-order valence-electron chi connectivity index (χ0n) is 18.2. The van der Waals surface area contributed by atoms with Gasteiger partial charge in [0, 0.05) is 22.9 Å². The number of esters is 1. The number of hydrogen-bond acceptors (Lipinski definition) is 5. The second-order valence-corrected chi connectivity index (χ2v) is 8.84. The van der Waals surface area contributed by atoms with Crippen LogP contribution in [-0.4, -0.2) is 26.5 Å². The number of pyridine rings is 1. The number of benzene rings is 3. The first kappa shape index (κ1) is 22.8. The van der Waals surface area contributed by atoms with Crippen molar-refractivity contribution in [2.24, 2.45) is 0 Å². The van der Waals surface area contributed by atoms with E-state index in [-0.39, 0.29) is 10.6 Å². The summed E-state index contributed by atoms with van der Waals surface area (Å²) in [5, 5.41) is 0. The highest BCUT2D eigenvalue weighted by Crippen LogP contribution is 2.29. The fourth-order valence-electron chi connectivity index (χ4n) is 3.27. The van der Waals surface area contributed by atoms with Crippen LogP contribution in [0.2, 0.25) is 0 Å². The van der Waals surface area contributed by atoms with Crippen LogP contribution >= 0.6 is 0 Å². The maximum atomic E-state index is 13.3. The Labute approximate surface area is 198 Å². The Morgan fingerprint density at radius 2 is 1.56 bits per heavy atom. The molecule has 4 rings (SSSR count). The van der Waals surface area contributed by atoms with Crippen LogP contribution in [0.5, 0.6) is 0 Å². The highest BCUT2D eigenvalue weighted by atomic mass is 32.2. The molecular weight excluding hydrogens is 448 g/mol. The SMILES string of the molecule is COC(=O)c1ccc(C#Cc2ccccc2NS(=O)(=O)c2ccccc2-c2ccccc2)cn1. The number of carbonyl (C=O) groups is 1. The molecule has 34 heavy (non-hydrogen) atoms. The summed E-state index contributed by atoms with van der Waals surface area (Å²) in [7, 11) is -2.61. The van der Waals surface area contributed by atoms with E-state index in [0.29, 0.717) is 22.4 Å². The van der Waals surface area contributed by atoms with Crippen molar-refractivity contribution in [1.29, 1.82) is 0 Å². The van der Waals surface area contributed by atoms with Crippen LogP contribution in [0, 0.1) is 11.8 Å². The summed E-state index contributed by atoms with van der Waals surface area (Å²) >= 11 is 0. The summed E-state index contributed by atoms with van der Waals surface area (Å²) in [6.07, 6.45) is 1.46. The molecule has 0 bridgehead atoms. The van der Waals surface area contributed by atoms with Gasteiger partial charge in [-0.05, 0) is 35.9 Å². The van der Waals surface area contributed by atoms with Crippen LogP contribution in [0.1, 0.15) is 21.6 Å². The maximum absolute atomic E-state index is 13.3. The number of ether oxygens (including phenoxy) is 1. The van der Waals surface area contributed by atoms with E-state index in [2.05, 4.69) is 26.3 Å². The molecule has 3 aromatic carbocycles. The molecule has 0 aliphatic rings. The molecule has 0 spiro atoms. The van der Waals surface area contributed by atoms with Gasteiger partial charge in [-0.3, -0.25) is 4.72 Å². The number of para-hydroxylation sites is 1. The number of methoxy groups -OCH3 is 1. The van der Waals surface area contributed by atoms with Crippen molar-refractivity contribution in [2.45, 2.75) is 4.90 Å². The third-order valence-corrected chi connectivity index (χ3v) is 6.36. The molecule has 0 saturated heterocycles. The third kappa shape index (κ3) is 5.14. The Bertz CT molecular complexity index is 1490. The van der Waals surface area contributed by atoms with Gasteiger partial charge in [-0.15, -0.1) is 0 Å². The van der Waals surface area contributed by atoms with Crippen molar-refractivity contribution < 1.29 is 17.9 Å². The Morgan fingerprint density at radius 1 is 0.853 bits per heavy atom. The van der Waals surface area contributed by atoms with Gasteiger partial charge in [-0.1, -0.05) is 72.5 Å². The van der Waals surface area contributed by atoms with Crippen LogP contribution < -0.4 is 4.72 Å². The second-order valence-electron chi connectivity index (χ2n) is 7.19. The Balaban J connectivity index is 1.64. The molecule has 0 amide bonds. The zero-order valence-corrected chi connectivity index (χ0v) is 19.0. The lowest BCUT2D eigenvalue weighted by molar-refractivity contribution is 0.0594. The summed E-state index contributed by atoms with van der Waals surface area (Å²) < 4.78 is 34.0. The van der Waals surface area contributed by atoms with Crippen molar-refractivity contribution in [2.75, 3.05) is 11.8 Å². The number of nitrogens with one attached hydrogen (secondary N) is 1. The number of rotatable bonds is 5. The third-order valence-electron chi connectivity index (χ3n) is 4.93. The van der Waals surface area contributed by atoms with Crippen LogP contribution in [0.15, 0.2) is 102 Å². The Kier molecular flexibility index (Phi) is 6.72. The van der Waals surface area contributed by atoms with Crippen molar-refractivity contribution in [3.63, 3.8) is 0 Å². The molecular formula is C27H20N2O4S. The average molecular weight is 469 g/mol. The predicted octanol–water partition coefficient (Wildman–Crippen LogP) is 4.74. The fraction of sp³-hybridized carbons (Fsp3) is 0.0370. The fourth-order valence-corrected chi connectivity index (χ4v) is 4.58. The van der Waals surface area contributed by atoms with Gasteiger partial charge in [0.1, 0.15) is 5.69 Å². The number of anilines is 1. The number of nitrogens with zero attached hydrogens (tertiary/aromatic N) is 1. The summed E-state index contributed by atoms with van der Waals surface area (Å²) in [6, 6.07) is 26.3. The van der Waals surface area contributed by atoms with Gasteiger partial charge in [0.2, 0.25) is 0 Å². The predicted molar refractivity (Wildman–Crippen MR) is 131 cm³/mol. The summed E-state index contributed by atoms with van der Waals surface area (Å²) in [4.78, 5) is 15.7. The van der Waals surface area contributed by atoms with E-state index in [1.807, 2.05) is 30.3 Å². The first-order chi connectivity index (χ1) is 16.5. The molecule has 0 fully saturated rings. The lowest BCUT2D eigenvalue weighted by Crippen LogP contribution is -2.15. The second kappa shape index (κ2) is 10.0. The zero-order chi connectivity index (χ0) is 24.0. The molecule has 0 radical (unpaired) electrons. The van der Waals surface area contributed by atoms with Crippen molar-refractivity contribution >= 4 is 21.7 Å². The molecule has 0 aliphatic carbocycles. The van der Waals surface area contributed by atoms with Gasteiger partial charge in [0.05, 0.1) is 17.7 Å². The van der Waals surface area contributed by atoms with E-state index in [9.17, 15) is 13.2 Å². The lowest BCUT2D eigenvalue weighted by Gasteiger charge is -2.13. The molecule has 7 heteroatoms. The molecule has 168 valence electrons. The topological polar surface area (TPSA) is 85.4 Å². The summed E-state index contributed by atoms with van der Waals surface area (Å²) in [5.74, 6) is 5.40.